The number of rotatable bonds is 10. The molecular formula is C25H23IN2O7. The van der Waals surface area contributed by atoms with Gasteiger partial charge >= 0.3 is 5.97 Å². The summed E-state index contributed by atoms with van der Waals surface area (Å²) in [6.45, 7) is 0.237. The molecule has 0 heterocycles. The molecule has 0 aliphatic rings. The van der Waals surface area contributed by atoms with Crippen molar-refractivity contribution < 1.29 is 33.6 Å². The number of hydrogen-bond donors (Lipinski definition) is 2. The van der Waals surface area contributed by atoms with Crippen LogP contribution in [0.15, 0.2) is 59.7 Å². The Hall–Kier alpha value is -3.80. The maximum atomic E-state index is 12.4. The van der Waals surface area contributed by atoms with Crippen molar-refractivity contribution in [2.24, 2.45) is 5.10 Å². The Balaban J connectivity index is 1.68. The smallest absolute Gasteiger partial charge is 0.335 e. The first-order valence-electron chi connectivity index (χ1n) is 10.2. The van der Waals surface area contributed by atoms with E-state index in [4.69, 9.17) is 24.1 Å². The standard InChI is InChI=1S/C25H23IN2O7/c1-32-20-9-8-18(12-21(20)33-2)24(29)28-27-13-16-10-19(26)23(22(11-16)34-3)35-14-15-4-6-17(7-5-15)25(30)31/h4-13H,14H2,1-3H3,(H,28,29)(H,30,31)/b27-13+. The molecule has 0 fully saturated rings. The second-order valence-corrected chi connectivity index (χ2v) is 8.26. The van der Waals surface area contributed by atoms with Gasteiger partial charge in [-0.25, -0.2) is 10.2 Å². The summed E-state index contributed by atoms with van der Waals surface area (Å²) in [5, 5.41) is 13.0. The van der Waals surface area contributed by atoms with E-state index >= 15 is 0 Å². The molecule has 0 saturated heterocycles. The second kappa shape index (κ2) is 12.1. The minimum Gasteiger partial charge on any atom is -0.493 e. The van der Waals surface area contributed by atoms with Crippen LogP contribution in [0.4, 0.5) is 0 Å². The predicted octanol–water partition coefficient (Wildman–Crippen LogP) is 4.36. The minimum atomic E-state index is -0.981. The molecule has 35 heavy (non-hydrogen) atoms. The number of aromatic carboxylic acids is 1. The van der Waals surface area contributed by atoms with Crippen LogP contribution in [0.3, 0.4) is 0 Å². The number of nitrogens with zero attached hydrogens (tertiary/aromatic N) is 1. The molecule has 182 valence electrons. The van der Waals surface area contributed by atoms with Gasteiger partial charge in [-0.1, -0.05) is 12.1 Å². The number of hydrogen-bond acceptors (Lipinski definition) is 7. The summed E-state index contributed by atoms with van der Waals surface area (Å²) in [7, 11) is 4.54. The first-order chi connectivity index (χ1) is 16.9. The van der Waals surface area contributed by atoms with Crippen molar-refractivity contribution in [1.29, 1.82) is 0 Å². The lowest BCUT2D eigenvalue weighted by molar-refractivity contribution is 0.0696. The fourth-order valence-electron chi connectivity index (χ4n) is 3.06. The average Bonchev–Trinajstić information content (AvgIpc) is 2.87. The number of halogens is 1. The van der Waals surface area contributed by atoms with Crippen molar-refractivity contribution in [3.63, 3.8) is 0 Å². The zero-order valence-electron chi connectivity index (χ0n) is 19.2. The lowest BCUT2D eigenvalue weighted by Crippen LogP contribution is -2.17. The number of methoxy groups -OCH3 is 3. The quantitative estimate of drug-likeness (QED) is 0.205. The fourth-order valence-corrected chi connectivity index (χ4v) is 3.84. The van der Waals surface area contributed by atoms with Gasteiger partial charge in [0.25, 0.3) is 5.91 Å². The first-order valence-corrected chi connectivity index (χ1v) is 11.3. The summed E-state index contributed by atoms with van der Waals surface area (Å²) in [5.74, 6) is 0.614. The molecule has 3 aromatic carbocycles. The van der Waals surface area contributed by atoms with E-state index in [-0.39, 0.29) is 12.2 Å². The number of carboxylic acids is 1. The molecule has 0 bridgehead atoms. The van der Waals surface area contributed by atoms with E-state index in [0.717, 1.165) is 9.13 Å². The highest BCUT2D eigenvalue weighted by Crippen LogP contribution is 2.34. The zero-order chi connectivity index (χ0) is 25.4. The molecular weight excluding hydrogens is 567 g/mol. The second-order valence-electron chi connectivity index (χ2n) is 7.09. The normalized spacial score (nSPS) is 10.6. The maximum Gasteiger partial charge on any atom is 0.335 e. The lowest BCUT2D eigenvalue weighted by atomic mass is 10.1. The number of nitrogens with one attached hydrogen (secondary N) is 1. The molecule has 0 radical (unpaired) electrons. The fraction of sp³-hybridized carbons (Fsp3) is 0.160. The molecule has 10 heteroatoms. The van der Waals surface area contributed by atoms with Crippen LogP contribution in [0.1, 0.15) is 31.8 Å². The molecule has 0 atom stereocenters. The van der Waals surface area contributed by atoms with E-state index < -0.39 is 11.9 Å². The number of benzene rings is 3. The van der Waals surface area contributed by atoms with Crippen LogP contribution in [0.2, 0.25) is 0 Å². The first kappa shape index (κ1) is 25.8. The van der Waals surface area contributed by atoms with Crippen LogP contribution in [0.5, 0.6) is 23.0 Å². The summed E-state index contributed by atoms with van der Waals surface area (Å²) in [6, 6.07) is 14.8. The van der Waals surface area contributed by atoms with Gasteiger partial charge in [0.1, 0.15) is 6.61 Å². The molecule has 3 aromatic rings. The van der Waals surface area contributed by atoms with E-state index in [1.807, 2.05) is 6.07 Å². The highest BCUT2D eigenvalue weighted by atomic mass is 127. The van der Waals surface area contributed by atoms with Crippen molar-refractivity contribution in [1.82, 2.24) is 5.43 Å². The summed E-state index contributed by atoms with van der Waals surface area (Å²) in [6.07, 6.45) is 1.50. The van der Waals surface area contributed by atoms with Crippen molar-refractivity contribution in [2.45, 2.75) is 6.61 Å². The van der Waals surface area contributed by atoms with Crippen LogP contribution in [0.25, 0.3) is 0 Å². The number of carbonyl (C=O) groups excluding carboxylic acids is 1. The van der Waals surface area contributed by atoms with Gasteiger partial charge in [0.2, 0.25) is 0 Å². The van der Waals surface area contributed by atoms with E-state index in [9.17, 15) is 9.59 Å². The van der Waals surface area contributed by atoms with E-state index in [1.54, 1.807) is 36.4 Å². The Morgan fingerprint density at radius 3 is 2.20 bits per heavy atom. The van der Waals surface area contributed by atoms with Gasteiger partial charge in [0.05, 0.1) is 36.7 Å². The van der Waals surface area contributed by atoms with Gasteiger partial charge in [-0.2, -0.15) is 5.10 Å². The number of carbonyl (C=O) groups is 2. The molecule has 0 saturated carbocycles. The molecule has 0 spiro atoms. The van der Waals surface area contributed by atoms with Crippen LogP contribution in [0, 0.1) is 3.57 Å². The summed E-state index contributed by atoms with van der Waals surface area (Å²) in [5.41, 5.74) is 4.57. The Bertz CT molecular complexity index is 1240. The van der Waals surface area contributed by atoms with Gasteiger partial charge in [0.15, 0.2) is 23.0 Å². The monoisotopic (exact) mass is 590 g/mol. The SMILES string of the molecule is COc1ccc(C(=O)N/N=C/c2cc(I)c(OCc3ccc(C(=O)O)cc3)c(OC)c2)cc1OC. The number of hydrazone groups is 1. The van der Waals surface area contributed by atoms with Crippen LogP contribution >= 0.6 is 22.6 Å². The highest BCUT2D eigenvalue weighted by Gasteiger charge is 2.13. The summed E-state index contributed by atoms with van der Waals surface area (Å²) >= 11 is 2.12. The van der Waals surface area contributed by atoms with Crippen molar-refractivity contribution >= 4 is 40.7 Å². The Morgan fingerprint density at radius 1 is 0.914 bits per heavy atom. The number of carboxylic acid groups (broad SMARTS) is 1. The van der Waals surface area contributed by atoms with Crippen LogP contribution in [-0.2, 0) is 6.61 Å². The number of ether oxygens (including phenoxy) is 4. The third kappa shape index (κ3) is 6.63. The molecule has 1 amide bonds. The minimum absolute atomic E-state index is 0.211. The van der Waals surface area contributed by atoms with Crippen molar-refractivity contribution in [2.75, 3.05) is 21.3 Å². The van der Waals surface area contributed by atoms with E-state index in [0.29, 0.717) is 34.1 Å². The van der Waals surface area contributed by atoms with E-state index in [1.165, 1.54) is 39.7 Å². The van der Waals surface area contributed by atoms with Gasteiger partial charge in [0, 0.05) is 5.56 Å². The zero-order valence-corrected chi connectivity index (χ0v) is 21.4. The largest absolute Gasteiger partial charge is 0.493 e. The molecule has 0 aromatic heterocycles. The predicted molar refractivity (Wildman–Crippen MR) is 138 cm³/mol. The van der Waals surface area contributed by atoms with Crippen molar-refractivity contribution in [3.05, 3.63) is 80.4 Å². The van der Waals surface area contributed by atoms with Crippen molar-refractivity contribution in [3.8, 4) is 23.0 Å². The maximum absolute atomic E-state index is 12.4. The number of amides is 1. The van der Waals surface area contributed by atoms with Crippen LogP contribution in [-0.4, -0.2) is 44.5 Å². The summed E-state index contributed by atoms with van der Waals surface area (Å²) in [4.78, 5) is 23.4. The van der Waals surface area contributed by atoms with Gasteiger partial charge < -0.3 is 24.1 Å². The molecule has 3 rings (SSSR count). The van der Waals surface area contributed by atoms with Gasteiger partial charge in [-0.05, 0) is 76.2 Å². The Kier molecular flexibility index (Phi) is 8.90. The molecule has 9 nitrogen and oxygen atoms in total. The van der Waals surface area contributed by atoms with E-state index in [2.05, 4.69) is 33.1 Å². The van der Waals surface area contributed by atoms with Crippen LogP contribution < -0.4 is 24.4 Å². The molecule has 0 aliphatic heterocycles. The molecule has 2 N–H and O–H groups in total. The van der Waals surface area contributed by atoms with Gasteiger partial charge in [-0.15, -0.1) is 0 Å². The topological polar surface area (TPSA) is 116 Å². The third-order valence-corrected chi connectivity index (χ3v) is 5.66. The highest BCUT2D eigenvalue weighted by molar-refractivity contribution is 14.1. The average molecular weight is 590 g/mol. The third-order valence-electron chi connectivity index (χ3n) is 4.86. The van der Waals surface area contributed by atoms with Gasteiger partial charge in [-0.3, -0.25) is 4.79 Å². The lowest BCUT2D eigenvalue weighted by Gasteiger charge is -2.13. The Morgan fingerprint density at radius 2 is 1.57 bits per heavy atom. The Labute approximate surface area is 215 Å². The molecule has 0 unspecified atom stereocenters. The summed E-state index contributed by atoms with van der Waals surface area (Å²) < 4.78 is 22.6. The molecule has 0 aliphatic carbocycles.